The topological polar surface area (TPSA) is 37.8 Å². The van der Waals surface area contributed by atoms with Gasteiger partial charge in [0.15, 0.2) is 5.69 Å². The molecule has 1 aromatic heterocycles. The molecule has 0 unspecified atom stereocenters. The molecule has 0 bridgehead atoms. The molecular weight excluding hydrogens is 306 g/mol. The molecule has 0 aliphatic heterocycles. The largest absolute Gasteiger partial charge is 0.433 e. The average Bonchev–Trinajstić information content (AvgIpc) is 2.41. The van der Waals surface area contributed by atoms with E-state index in [2.05, 4.69) is 15.3 Å². The summed E-state index contributed by atoms with van der Waals surface area (Å²) in [5, 5.41) is 2.80. The van der Waals surface area contributed by atoms with Gasteiger partial charge in [-0.1, -0.05) is 11.8 Å². The van der Waals surface area contributed by atoms with E-state index < -0.39 is 17.7 Å². The molecule has 0 atom stereocenters. The molecule has 0 saturated carbocycles. The van der Waals surface area contributed by atoms with E-state index in [1.165, 1.54) is 24.3 Å². The SMILES string of the molecule is CCNc1nc(Sc2ccc(F)cc2)cc(C(F)(F)F)n1. The Kier molecular flexibility index (Phi) is 4.66. The Bertz CT molecular complexity index is 614. The highest BCUT2D eigenvalue weighted by molar-refractivity contribution is 7.99. The highest BCUT2D eigenvalue weighted by Crippen LogP contribution is 2.33. The zero-order valence-electron chi connectivity index (χ0n) is 10.9. The number of anilines is 1. The number of hydrogen-bond donors (Lipinski definition) is 1. The van der Waals surface area contributed by atoms with Crippen LogP contribution in [0.1, 0.15) is 12.6 Å². The van der Waals surface area contributed by atoms with Crippen molar-refractivity contribution in [2.45, 2.75) is 23.0 Å². The van der Waals surface area contributed by atoms with Gasteiger partial charge in [-0.05, 0) is 31.2 Å². The molecule has 112 valence electrons. The van der Waals surface area contributed by atoms with Crippen LogP contribution in [0.2, 0.25) is 0 Å². The first-order valence-corrected chi connectivity index (χ1v) is 6.83. The summed E-state index contributed by atoms with van der Waals surface area (Å²) < 4.78 is 51.2. The number of nitrogens with one attached hydrogen (secondary N) is 1. The molecule has 0 fully saturated rings. The quantitative estimate of drug-likeness (QED) is 0.677. The summed E-state index contributed by atoms with van der Waals surface area (Å²) in [7, 11) is 0. The highest BCUT2D eigenvalue weighted by atomic mass is 32.2. The number of halogens is 4. The van der Waals surface area contributed by atoms with Crippen molar-refractivity contribution in [2.75, 3.05) is 11.9 Å². The molecule has 0 aliphatic carbocycles. The maximum atomic E-state index is 12.8. The molecule has 0 amide bonds. The Morgan fingerprint density at radius 2 is 1.81 bits per heavy atom. The Labute approximate surface area is 122 Å². The Balaban J connectivity index is 2.33. The summed E-state index contributed by atoms with van der Waals surface area (Å²) in [6, 6.07) is 6.29. The number of benzene rings is 1. The van der Waals surface area contributed by atoms with Gasteiger partial charge in [-0.3, -0.25) is 0 Å². The number of hydrogen-bond acceptors (Lipinski definition) is 4. The lowest BCUT2D eigenvalue weighted by atomic mass is 10.4. The minimum absolute atomic E-state index is 0.0862. The van der Waals surface area contributed by atoms with Gasteiger partial charge < -0.3 is 5.32 Å². The molecule has 2 rings (SSSR count). The fourth-order valence-electron chi connectivity index (χ4n) is 1.48. The fourth-order valence-corrected chi connectivity index (χ4v) is 2.30. The Morgan fingerprint density at radius 1 is 1.14 bits per heavy atom. The molecule has 21 heavy (non-hydrogen) atoms. The molecule has 3 nitrogen and oxygen atoms in total. The van der Waals surface area contributed by atoms with Crippen molar-refractivity contribution in [1.29, 1.82) is 0 Å². The monoisotopic (exact) mass is 317 g/mol. The van der Waals surface area contributed by atoms with Crippen molar-refractivity contribution in [3.05, 3.63) is 41.8 Å². The van der Waals surface area contributed by atoms with Crippen LogP contribution in [0.25, 0.3) is 0 Å². The van der Waals surface area contributed by atoms with Gasteiger partial charge in [-0.25, -0.2) is 14.4 Å². The zero-order valence-corrected chi connectivity index (χ0v) is 11.7. The van der Waals surface area contributed by atoms with Gasteiger partial charge in [-0.2, -0.15) is 13.2 Å². The van der Waals surface area contributed by atoms with Crippen molar-refractivity contribution >= 4 is 17.7 Å². The van der Waals surface area contributed by atoms with E-state index in [4.69, 9.17) is 0 Å². The first-order valence-electron chi connectivity index (χ1n) is 6.02. The van der Waals surface area contributed by atoms with Crippen LogP contribution in [-0.4, -0.2) is 16.5 Å². The third-order valence-electron chi connectivity index (χ3n) is 2.36. The number of alkyl halides is 3. The molecule has 8 heteroatoms. The molecule has 0 spiro atoms. The Morgan fingerprint density at radius 3 is 2.38 bits per heavy atom. The summed E-state index contributed by atoms with van der Waals surface area (Å²) in [6.45, 7) is 2.14. The van der Waals surface area contributed by atoms with Crippen LogP contribution in [0.15, 0.2) is 40.3 Å². The van der Waals surface area contributed by atoms with Crippen LogP contribution in [0, 0.1) is 5.82 Å². The van der Waals surface area contributed by atoms with Crippen LogP contribution < -0.4 is 5.32 Å². The fraction of sp³-hybridized carbons (Fsp3) is 0.231. The minimum atomic E-state index is -4.55. The van der Waals surface area contributed by atoms with Crippen LogP contribution in [0.5, 0.6) is 0 Å². The van der Waals surface area contributed by atoms with E-state index in [1.807, 2.05) is 0 Å². The lowest BCUT2D eigenvalue weighted by molar-refractivity contribution is -0.141. The van der Waals surface area contributed by atoms with Crippen LogP contribution in [-0.2, 0) is 6.18 Å². The zero-order chi connectivity index (χ0) is 15.5. The summed E-state index contributed by atoms with van der Waals surface area (Å²) in [4.78, 5) is 8.02. The normalized spacial score (nSPS) is 11.5. The molecule has 1 N–H and O–H groups in total. The van der Waals surface area contributed by atoms with E-state index >= 15 is 0 Å². The van der Waals surface area contributed by atoms with Crippen molar-refractivity contribution in [1.82, 2.24) is 9.97 Å². The predicted molar refractivity (Wildman–Crippen MR) is 71.7 cm³/mol. The van der Waals surface area contributed by atoms with E-state index in [9.17, 15) is 17.6 Å². The molecule has 2 aromatic rings. The van der Waals surface area contributed by atoms with Crippen LogP contribution in [0.3, 0.4) is 0 Å². The minimum Gasteiger partial charge on any atom is -0.354 e. The molecule has 0 aliphatic rings. The maximum Gasteiger partial charge on any atom is 0.433 e. The molecule has 1 aromatic carbocycles. The average molecular weight is 317 g/mol. The van der Waals surface area contributed by atoms with Crippen LogP contribution in [0.4, 0.5) is 23.5 Å². The van der Waals surface area contributed by atoms with Gasteiger partial charge in [0.05, 0.1) is 0 Å². The number of rotatable bonds is 4. The van der Waals surface area contributed by atoms with Gasteiger partial charge >= 0.3 is 6.18 Å². The van der Waals surface area contributed by atoms with Crippen molar-refractivity contribution in [3.63, 3.8) is 0 Å². The lowest BCUT2D eigenvalue weighted by Crippen LogP contribution is -2.12. The molecule has 0 radical (unpaired) electrons. The summed E-state index contributed by atoms with van der Waals surface area (Å²) in [6.07, 6.45) is -4.55. The van der Waals surface area contributed by atoms with Crippen molar-refractivity contribution in [3.8, 4) is 0 Å². The van der Waals surface area contributed by atoms with Gasteiger partial charge in [-0.15, -0.1) is 0 Å². The third-order valence-corrected chi connectivity index (χ3v) is 3.29. The van der Waals surface area contributed by atoms with Gasteiger partial charge in [0, 0.05) is 17.5 Å². The molecular formula is C13H11F4N3S. The second-order valence-corrected chi connectivity index (χ2v) is 5.09. The summed E-state index contributed by atoms with van der Waals surface area (Å²) in [5.74, 6) is -0.497. The van der Waals surface area contributed by atoms with E-state index in [0.717, 1.165) is 17.8 Å². The predicted octanol–water partition coefficient (Wildman–Crippen LogP) is 4.22. The van der Waals surface area contributed by atoms with Gasteiger partial charge in [0.1, 0.15) is 10.8 Å². The van der Waals surface area contributed by atoms with Gasteiger partial charge in [0.25, 0.3) is 0 Å². The highest BCUT2D eigenvalue weighted by Gasteiger charge is 2.33. The summed E-state index contributed by atoms with van der Waals surface area (Å²) >= 11 is 1.01. The maximum absolute atomic E-state index is 12.8. The van der Waals surface area contributed by atoms with Crippen molar-refractivity contribution < 1.29 is 17.6 Å². The second kappa shape index (κ2) is 6.30. The van der Waals surface area contributed by atoms with E-state index in [0.29, 0.717) is 11.4 Å². The van der Waals surface area contributed by atoms with Gasteiger partial charge in [0.2, 0.25) is 5.95 Å². The number of aromatic nitrogens is 2. The lowest BCUT2D eigenvalue weighted by Gasteiger charge is -2.10. The Hall–Kier alpha value is -1.83. The summed E-state index contributed by atoms with van der Waals surface area (Å²) in [5.41, 5.74) is -1.02. The van der Waals surface area contributed by atoms with Crippen molar-refractivity contribution in [2.24, 2.45) is 0 Å². The standard InChI is InChI=1S/C13H11F4N3S/c1-2-18-12-19-10(13(15,16)17)7-11(20-12)21-9-5-3-8(14)4-6-9/h3-7H,2H2,1H3,(H,18,19,20). The smallest absolute Gasteiger partial charge is 0.354 e. The third kappa shape index (κ3) is 4.32. The first-order chi connectivity index (χ1) is 9.88. The molecule has 0 saturated heterocycles. The van der Waals surface area contributed by atoms with E-state index in [1.54, 1.807) is 6.92 Å². The second-order valence-electron chi connectivity index (χ2n) is 4.00. The van der Waals surface area contributed by atoms with Crippen LogP contribution >= 0.6 is 11.8 Å². The van der Waals surface area contributed by atoms with E-state index in [-0.39, 0.29) is 11.0 Å². The molecule has 1 heterocycles. The first kappa shape index (κ1) is 15.6. The number of nitrogens with zero attached hydrogens (tertiary/aromatic N) is 2.